The van der Waals surface area contributed by atoms with E-state index >= 15 is 0 Å². The van der Waals surface area contributed by atoms with Crippen LogP contribution >= 0.6 is 38.9 Å². The third kappa shape index (κ3) is 12.0. The van der Waals surface area contributed by atoms with E-state index in [0.29, 0.717) is 33.3 Å². The number of carboxylic acid groups (broad SMARTS) is 1. The van der Waals surface area contributed by atoms with E-state index in [2.05, 4.69) is 59.9 Å². The van der Waals surface area contributed by atoms with Crippen LogP contribution in [-0.4, -0.2) is 76.3 Å². The number of pyridine rings is 4. The van der Waals surface area contributed by atoms with E-state index in [1.54, 1.807) is 46.7 Å². The van der Waals surface area contributed by atoms with E-state index in [4.69, 9.17) is 26.9 Å². The Labute approximate surface area is 394 Å². The van der Waals surface area contributed by atoms with Gasteiger partial charge < -0.3 is 50.7 Å². The Bertz CT molecular complexity index is 2920. The van der Waals surface area contributed by atoms with Crippen LogP contribution in [0.25, 0.3) is 5.00 Å². The lowest BCUT2D eigenvalue weighted by Crippen LogP contribution is -2.21. The molecule has 1 aliphatic rings. The number of nitrogens with zero attached hydrogens (tertiary/aromatic N) is 13. The molecule has 67 heavy (non-hydrogen) atoms. The maximum atomic E-state index is 11.6. The van der Waals surface area contributed by atoms with Crippen molar-refractivity contribution in [1.82, 2.24) is 34.7 Å². The number of carboxylic acids is 1. The molecule has 0 amide bonds. The molecule has 7 aromatic rings. The molecule has 0 atom stereocenters. The van der Waals surface area contributed by atoms with E-state index in [-0.39, 0.29) is 36.2 Å². The third-order valence-electron chi connectivity index (χ3n) is 9.13. The number of aromatic nitrogens is 7. The van der Waals surface area contributed by atoms with Gasteiger partial charge >= 0.3 is 29.2 Å². The van der Waals surface area contributed by atoms with Crippen LogP contribution in [-0.2, 0) is 18.5 Å². The number of aromatic carboxylic acids is 1. The minimum atomic E-state index is -1.35. The Hall–Kier alpha value is -8.07. The largest absolute Gasteiger partial charge is 0.477 e. The van der Waals surface area contributed by atoms with Crippen molar-refractivity contribution in [3.8, 4) is 5.00 Å². The second-order valence-electron chi connectivity index (χ2n) is 13.3. The number of alkyl halides is 1. The molecule has 0 bridgehead atoms. The number of hydrazone groups is 1. The lowest BCUT2D eigenvalue weighted by Gasteiger charge is -2.17. The number of carbonyl (C=O) groups is 1. The summed E-state index contributed by atoms with van der Waals surface area (Å²) in [7, 11) is 0. The zero-order valence-electron chi connectivity index (χ0n) is 34.9. The van der Waals surface area contributed by atoms with Gasteiger partial charge in [-0.2, -0.15) is 5.10 Å². The average Bonchev–Trinajstić information content (AvgIpc) is 3.80. The number of halogens is 2. The number of hydrogen-bond donors (Lipinski definition) is 2. The van der Waals surface area contributed by atoms with Crippen molar-refractivity contribution in [2.75, 3.05) is 5.01 Å². The second kappa shape index (κ2) is 22.7. The van der Waals surface area contributed by atoms with Gasteiger partial charge in [0.2, 0.25) is 0 Å². The number of hydrogen-bond acceptors (Lipinski definition) is 19. The van der Waals surface area contributed by atoms with Crippen molar-refractivity contribution in [1.29, 1.82) is 0 Å². The van der Waals surface area contributed by atoms with E-state index in [1.165, 1.54) is 36.9 Å². The van der Waals surface area contributed by atoms with Crippen LogP contribution in [0.4, 0.5) is 29.2 Å². The molecule has 24 nitrogen and oxygen atoms in total. The van der Waals surface area contributed by atoms with E-state index in [0.717, 1.165) is 38.3 Å². The molecule has 0 saturated carbocycles. The first kappa shape index (κ1) is 49.9. The number of anilines is 1. The summed E-state index contributed by atoms with van der Waals surface area (Å²) in [6.45, 7) is 5.76. The highest BCUT2D eigenvalue weighted by Gasteiger charge is 2.31. The lowest BCUT2D eigenvalue weighted by molar-refractivity contribution is -0.390. The fraction of sp³-hybridized carbons (Fsp3) is 0.150. The van der Waals surface area contributed by atoms with Crippen LogP contribution in [0.3, 0.4) is 0 Å². The van der Waals surface area contributed by atoms with Crippen LogP contribution in [0, 0.1) is 61.2 Å². The van der Waals surface area contributed by atoms with Crippen LogP contribution < -0.4 is 5.01 Å². The quantitative estimate of drug-likeness (QED) is 0.0743. The fourth-order valence-corrected chi connectivity index (χ4v) is 7.70. The summed E-state index contributed by atoms with van der Waals surface area (Å²) in [6, 6.07) is 19.6. The van der Waals surface area contributed by atoms with Crippen molar-refractivity contribution >= 4 is 79.8 Å². The molecule has 0 radical (unpaired) electrons. The van der Waals surface area contributed by atoms with E-state index in [9.17, 15) is 45.3 Å². The van der Waals surface area contributed by atoms with Crippen molar-refractivity contribution in [2.45, 2.75) is 39.3 Å². The summed E-state index contributed by atoms with van der Waals surface area (Å²) in [5.41, 5.74) is 4.55. The van der Waals surface area contributed by atoms with E-state index in [1.807, 2.05) is 35.8 Å². The summed E-state index contributed by atoms with van der Waals surface area (Å²) in [4.78, 5) is 65.8. The molecule has 27 heteroatoms. The third-order valence-corrected chi connectivity index (χ3v) is 11.2. The first-order valence-electron chi connectivity index (χ1n) is 18.9. The molecule has 7 heterocycles. The maximum absolute atomic E-state index is 11.6. The number of thiophene rings is 1. The molecular weight excluding hydrogens is 986 g/mol. The molecule has 8 rings (SSSR count). The standard InChI is InChI=1S/C22H18ClN7O2S.C6H5BrN2O2.C6H4N2O4.C6H6N2O3/c1-12-13(2)33-21-18(12)19(15-6-8-17(23)9-7-15)27-28(22-26-25-14(3)29(21)22)11-16-5-4-10-24-20(16)30(31)32;7-4-5-2-1-3-8-6(5)9(10)11;9-6(10)4-2-1-3-7-5(4)8(11)12;9-4-5-2-1-3-7-6(5)8(10)11/h4-10H,11H2,1-3H3;1-3H,4H2;1-3H,(H,9,10);1-3,9H,4H2. The van der Waals surface area contributed by atoms with Crippen LogP contribution in [0.15, 0.2) is 103 Å². The van der Waals surface area contributed by atoms with Gasteiger partial charge in [-0.1, -0.05) is 39.7 Å². The first-order chi connectivity index (χ1) is 32.0. The topological polar surface area (TPSA) is 328 Å². The van der Waals surface area contributed by atoms with Gasteiger partial charge in [-0.15, -0.1) is 21.5 Å². The van der Waals surface area contributed by atoms with Crippen molar-refractivity contribution in [2.24, 2.45) is 5.10 Å². The van der Waals surface area contributed by atoms with Crippen LogP contribution in [0.2, 0.25) is 5.02 Å². The SMILES string of the molecule is Cc1sc2c(c1C)C(c1ccc(Cl)cc1)=NN(Cc1cccnc1[N+](=O)[O-])c1nnc(C)n1-2.O=C(O)c1cccnc1[N+](=O)[O-].O=[N+]([O-])c1ncccc1CBr.O=[N+]([O-])c1ncccc1CO. The Balaban J connectivity index is 0.000000201. The van der Waals surface area contributed by atoms with Gasteiger partial charge in [-0.25, -0.2) is 9.80 Å². The molecule has 0 unspecified atom stereocenters. The predicted octanol–water partition coefficient (Wildman–Crippen LogP) is 8.04. The molecule has 1 aromatic carbocycles. The number of rotatable bonds is 10. The van der Waals surface area contributed by atoms with Gasteiger partial charge in [0.15, 0.2) is 5.56 Å². The van der Waals surface area contributed by atoms with Crippen LogP contribution in [0.5, 0.6) is 0 Å². The molecule has 0 aliphatic carbocycles. The fourth-order valence-electron chi connectivity index (χ4n) is 5.94. The molecule has 0 fully saturated rings. The summed E-state index contributed by atoms with van der Waals surface area (Å²) in [5, 5.41) is 76.7. The minimum absolute atomic E-state index is 0.0793. The highest BCUT2D eigenvalue weighted by molar-refractivity contribution is 9.08. The number of aliphatic hydroxyl groups is 1. The summed E-state index contributed by atoms with van der Waals surface area (Å²) >= 11 is 10.9. The zero-order valence-corrected chi connectivity index (χ0v) is 38.1. The van der Waals surface area contributed by atoms with Gasteiger partial charge in [0, 0.05) is 26.4 Å². The van der Waals surface area contributed by atoms with Crippen molar-refractivity contribution < 1.29 is 34.7 Å². The summed E-state index contributed by atoms with van der Waals surface area (Å²) < 4.78 is 1.95. The van der Waals surface area contributed by atoms with Gasteiger partial charge in [0.1, 0.15) is 41.3 Å². The maximum Gasteiger partial charge on any atom is 0.378 e. The predicted molar refractivity (Wildman–Crippen MR) is 246 cm³/mol. The Kier molecular flexibility index (Phi) is 16.9. The molecular formula is C40H33BrClN13O11S. The second-order valence-corrected chi connectivity index (χ2v) is 15.5. The highest BCUT2D eigenvalue weighted by atomic mass is 79.9. The van der Waals surface area contributed by atoms with Gasteiger partial charge in [0.25, 0.3) is 5.95 Å². The Morgan fingerprint density at radius 3 is 1.69 bits per heavy atom. The molecule has 6 aromatic heterocycles. The highest BCUT2D eigenvalue weighted by Crippen LogP contribution is 2.39. The van der Waals surface area contributed by atoms with Crippen molar-refractivity contribution in [3.63, 3.8) is 0 Å². The monoisotopic (exact) mass is 1020 g/mol. The van der Waals surface area contributed by atoms with Gasteiger partial charge in [-0.05, 0) is 127 Å². The molecule has 344 valence electrons. The summed E-state index contributed by atoms with van der Waals surface area (Å²) in [5.74, 6) is -1.38. The smallest absolute Gasteiger partial charge is 0.378 e. The molecule has 2 N–H and O–H groups in total. The average molecular weight is 1020 g/mol. The number of benzene rings is 1. The Morgan fingerprint density at radius 2 is 1.21 bits per heavy atom. The number of nitro groups is 4. The van der Waals surface area contributed by atoms with Gasteiger partial charge in [0.05, 0.1) is 29.8 Å². The molecule has 1 aliphatic heterocycles. The number of aryl methyl sites for hydroxylation is 2. The van der Waals surface area contributed by atoms with E-state index < -0.39 is 37.0 Å². The zero-order chi connectivity index (χ0) is 48.9. The Morgan fingerprint density at radius 1 is 0.716 bits per heavy atom. The molecule has 0 spiro atoms. The first-order valence-corrected chi connectivity index (χ1v) is 21.2. The molecule has 0 saturated heterocycles. The van der Waals surface area contributed by atoms with Gasteiger partial charge in [-0.3, -0.25) is 4.57 Å². The normalized spacial score (nSPS) is 11.1. The van der Waals surface area contributed by atoms with Crippen molar-refractivity contribution in [3.05, 3.63) is 193 Å². The van der Waals surface area contributed by atoms with Crippen LogP contribution in [0.1, 0.15) is 54.4 Å². The number of aliphatic hydroxyl groups excluding tert-OH is 1. The summed E-state index contributed by atoms with van der Waals surface area (Å²) in [6.07, 6.45) is 5.30. The number of fused-ring (bicyclic) bond motifs is 3. The minimum Gasteiger partial charge on any atom is -0.477 e. The lowest BCUT2D eigenvalue weighted by atomic mass is 10.00.